The number of carbonyl (C=O) groups excluding carboxylic acids is 2. The zero-order chi connectivity index (χ0) is 13.3. The molecule has 0 bridgehead atoms. The smallest absolute Gasteiger partial charge is 0.212 e. The fourth-order valence-corrected chi connectivity index (χ4v) is 1.68. The minimum absolute atomic E-state index is 0.127. The van der Waals surface area contributed by atoms with Crippen LogP contribution >= 0.6 is 0 Å². The molecule has 92 valence electrons. The lowest BCUT2D eigenvalue weighted by molar-refractivity contribution is 0.103. The number of hydrogen-bond donors (Lipinski definition) is 1. The van der Waals surface area contributed by atoms with Gasteiger partial charge in [-0.25, -0.2) is 8.78 Å². The Morgan fingerprint density at radius 2 is 2.06 bits per heavy atom. The quantitative estimate of drug-likeness (QED) is 0.671. The molecule has 2 rings (SSSR count). The van der Waals surface area contributed by atoms with Gasteiger partial charge in [-0.1, -0.05) is 0 Å². The molecule has 0 aliphatic heterocycles. The third-order valence-corrected chi connectivity index (χ3v) is 2.71. The van der Waals surface area contributed by atoms with Gasteiger partial charge in [0, 0.05) is 17.8 Å². The van der Waals surface area contributed by atoms with Crippen LogP contribution in [0, 0.1) is 18.6 Å². The van der Waals surface area contributed by atoms with Crippen LogP contribution in [0.4, 0.5) is 8.78 Å². The van der Waals surface area contributed by atoms with Gasteiger partial charge in [0.05, 0.1) is 11.3 Å². The van der Waals surface area contributed by atoms with Crippen molar-refractivity contribution in [3.05, 3.63) is 58.4 Å². The Morgan fingerprint density at radius 1 is 1.33 bits per heavy atom. The number of ketones is 1. The molecule has 0 aliphatic rings. The van der Waals surface area contributed by atoms with Gasteiger partial charge in [0.25, 0.3) is 0 Å². The van der Waals surface area contributed by atoms with Crippen molar-refractivity contribution < 1.29 is 18.4 Å². The number of H-pyrrole nitrogens is 1. The van der Waals surface area contributed by atoms with Crippen LogP contribution in [0.1, 0.15) is 32.0 Å². The molecule has 0 saturated heterocycles. The Morgan fingerprint density at radius 3 is 2.61 bits per heavy atom. The molecule has 18 heavy (non-hydrogen) atoms. The van der Waals surface area contributed by atoms with E-state index in [2.05, 4.69) is 4.98 Å². The topological polar surface area (TPSA) is 49.9 Å². The highest BCUT2D eigenvalue weighted by atomic mass is 19.1. The maximum Gasteiger partial charge on any atom is 0.212 e. The van der Waals surface area contributed by atoms with E-state index in [4.69, 9.17) is 0 Å². The van der Waals surface area contributed by atoms with Gasteiger partial charge in [0.15, 0.2) is 6.29 Å². The molecule has 0 aliphatic carbocycles. The van der Waals surface area contributed by atoms with E-state index in [9.17, 15) is 18.4 Å². The maximum absolute atomic E-state index is 13.5. The highest BCUT2D eigenvalue weighted by Crippen LogP contribution is 2.18. The Balaban J connectivity index is 2.48. The van der Waals surface area contributed by atoms with Crippen molar-refractivity contribution in [2.45, 2.75) is 6.92 Å². The first-order chi connectivity index (χ1) is 8.54. The highest BCUT2D eigenvalue weighted by Gasteiger charge is 2.19. The van der Waals surface area contributed by atoms with Gasteiger partial charge < -0.3 is 4.98 Å². The van der Waals surface area contributed by atoms with Crippen molar-refractivity contribution in [2.24, 2.45) is 0 Å². The largest absolute Gasteiger partial charge is 0.358 e. The number of aromatic amines is 1. The SMILES string of the molecule is Cc1c(C=O)c[nH]c1C(=O)c1ccc(F)cc1F. The van der Waals surface area contributed by atoms with E-state index in [-0.39, 0.29) is 11.3 Å². The number of aromatic nitrogens is 1. The molecular formula is C13H9F2NO2. The Labute approximate surface area is 101 Å². The summed E-state index contributed by atoms with van der Waals surface area (Å²) in [5.74, 6) is -2.29. The van der Waals surface area contributed by atoms with Gasteiger partial charge in [-0.3, -0.25) is 9.59 Å². The Hall–Kier alpha value is -2.30. The van der Waals surface area contributed by atoms with Gasteiger partial charge >= 0.3 is 0 Å². The summed E-state index contributed by atoms with van der Waals surface area (Å²) in [4.78, 5) is 25.3. The molecular weight excluding hydrogens is 240 g/mol. The molecule has 1 aromatic heterocycles. The van der Waals surface area contributed by atoms with E-state index in [0.717, 1.165) is 12.1 Å². The van der Waals surface area contributed by atoms with Crippen molar-refractivity contribution in [3.63, 3.8) is 0 Å². The number of nitrogens with one attached hydrogen (secondary N) is 1. The van der Waals surface area contributed by atoms with E-state index in [0.29, 0.717) is 23.5 Å². The average molecular weight is 249 g/mol. The number of aldehydes is 1. The minimum atomic E-state index is -0.929. The second kappa shape index (κ2) is 4.52. The summed E-state index contributed by atoms with van der Waals surface area (Å²) in [5.41, 5.74) is 0.668. The lowest BCUT2D eigenvalue weighted by Gasteiger charge is -2.02. The van der Waals surface area contributed by atoms with Crippen LogP contribution in [0.15, 0.2) is 24.4 Å². The van der Waals surface area contributed by atoms with E-state index in [1.807, 2.05) is 0 Å². The molecule has 0 amide bonds. The number of rotatable bonds is 3. The molecule has 0 spiro atoms. The van der Waals surface area contributed by atoms with Crippen LogP contribution in [0.5, 0.6) is 0 Å². The fourth-order valence-electron chi connectivity index (χ4n) is 1.68. The van der Waals surface area contributed by atoms with Crippen LogP contribution in [-0.4, -0.2) is 17.1 Å². The number of benzene rings is 1. The summed E-state index contributed by atoms with van der Waals surface area (Å²) < 4.78 is 26.2. The second-order valence-corrected chi connectivity index (χ2v) is 3.82. The molecule has 2 aromatic rings. The average Bonchev–Trinajstić information content (AvgIpc) is 2.69. The molecule has 0 saturated carbocycles. The van der Waals surface area contributed by atoms with Crippen molar-refractivity contribution in [2.75, 3.05) is 0 Å². The predicted octanol–water partition coefficient (Wildman–Crippen LogP) is 2.64. The first-order valence-electron chi connectivity index (χ1n) is 5.17. The summed E-state index contributed by atoms with van der Waals surface area (Å²) in [6.45, 7) is 1.58. The van der Waals surface area contributed by atoms with Crippen molar-refractivity contribution in [1.82, 2.24) is 4.98 Å². The van der Waals surface area contributed by atoms with Crippen LogP contribution in [0.2, 0.25) is 0 Å². The number of hydrogen-bond acceptors (Lipinski definition) is 2. The van der Waals surface area contributed by atoms with E-state index < -0.39 is 17.4 Å². The summed E-state index contributed by atoms with van der Waals surface area (Å²) in [6, 6.07) is 2.73. The zero-order valence-corrected chi connectivity index (χ0v) is 9.46. The van der Waals surface area contributed by atoms with Crippen molar-refractivity contribution >= 4 is 12.1 Å². The number of carbonyl (C=O) groups is 2. The van der Waals surface area contributed by atoms with Crippen LogP contribution in [0.25, 0.3) is 0 Å². The summed E-state index contributed by atoms with van der Waals surface area (Å²) in [6.07, 6.45) is 1.97. The van der Waals surface area contributed by atoms with Gasteiger partial charge in [0.2, 0.25) is 5.78 Å². The second-order valence-electron chi connectivity index (χ2n) is 3.82. The van der Waals surface area contributed by atoms with Crippen LogP contribution < -0.4 is 0 Å². The molecule has 3 nitrogen and oxygen atoms in total. The highest BCUT2D eigenvalue weighted by molar-refractivity contribution is 6.09. The van der Waals surface area contributed by atoms with Crippen LogP contribution in [-0.2, 0) is 0 Å². The lowest BCUT2D eigenvalue weighted by atomic mass is 10.0. The zero-order valence-electron chi connectivity index (χ0n) is 9.46. The third-order valence-electron chi connectivity index (χ3n) is 2.71. The standard InChI is InChI=1S/C13H9F2NO2/c1-7-8(6-17)5-16-12(7)13(18)10-3-2-9(14)4-11(10)15/h2-6,16H,1H3. The first-order valence-corrected chi connectivity index (χ1v) is 5.17. The molecule has 1 heterocycles. The summed E-state index contributed by atoms with van der Waals surface area (Å²) in [5, 5.41) is 0. The summed E-state index contributed by atoms with van der Waals surface area (Å²) >= 11 is 0. The molecule has 0 unspecified atom stereocenters. The van der Waals surface area contributed by atoms with Gasteiger partial charge in [-0.15, -0.1) is 0 Å². The first kappa shape index (κ1) is 12.2. The monoisotopic (exact) mass is 249 g/mol. The maximum atomic E-state index is 13.5. The van der Waals surface area contributed by atoms with Crippen molar-refractivity contribution in [3.8, 4) is 0 Å². The minimum Gasteiger partial charge on any atom is -0.358 e. The van der Waals surface area contributed by atoms with Gasteiger partial charge in [-0.2, -0.15) is 0 Å². The number of halogens is 2. The van der Waals surface area contributed by atoms with Crippen LogP contribution in [0.3, 0.4) is 0 Å². The summed E-state index contributed by atoms with van der Waals surface area (Å²) in [7, 11) is 0. The van der Waals surface area contributed by atoms with Gasteiger partial charge in [0.1, 0.15) is 11.6 Å². The van der Waals surface area contributed by atoms with Crippen molar-refractivity contribution in [1.29, 1.82) is 0 Å². The molecule has 0 atom stereocenters. The van der Waals surface area contributed by atoms with E-state index in [1.54, 1.807) is 6.92 Å². The van der Waals surface area contributed by atoms with E-state index in [1.165, 1.54) is 6.20 Å². The normalized spacial score (nSPS) is 10.4. The Bertz CT molecular complexity index is 632. The fraction of sp³-hybridized carbons (Fsp3) is 0.0769. The molecule has 0 fully saturated rings. The molecule has 5 heteroatoms. The van der Waals surface area contributed by atoms with Gasteiger partial charge in [-0.05, 0) is 24.6 Å². The third kappa shape index (κ3) is 1.95. The van der Waals surface area contributed by atoms with E-state index >= 15 is 0 Å². The molecule has 1 aromatic carbocycles. The molecule has 0 radical (unpaired) electrons. The molecule has 1 N–H and O–H groups in total. The predicted molar refractivity (Wildman–Crippen MR) is 60.7 cm³/mol. The Kier molecular flexibility index (Phi) is 3.06. The lowest BCUT2D eigenvalue weighted by Crippen LogP contribution is -2.06.